The Bertz CT molecular complexity index is 1180. The highest BCUT2D eigenvalue weighted by molar-refractivity contribution is 5.48. The van der Waals surface area contributed by atoms with Crippen molar-refractivity contribution in [1.82, 2.24) is 0 Å². The van der Waals surface area contributed by atoms with E-state index in [9.17, 15) is 25.5 Å². The third-order valence-electron chi connectivity index (χ3n) is 6.55. The number of aromatic hydroxyl groups is 4. The van der Waals surface area contributed by atoms with Gasteiger partial charge in [0.2, 0.25) is 0 Å². The molecular formula is C30H30O5. The lowest BCUT2D eigenvalue weighted by Crippen LogP contribution is -2.20. The van der Waals surface area contributed by atoms with Crippen molar-refractivity contribution >= 4 is 0 Å². The van der Waals surface area contributed by atoms with Crippen molar-refractivity contribution in [3.63, 3.8) is 0 Å². The van der Waals surface area contributed by atoms with Gasteiger partial charge in [-0.25, -0.2) is 0 Å². The Morgan fingerprint density at radius 1 is 0.457 bits per heavy atom. The molecule has 0 aliphatic heterocycles. The molecule has 5 heteroatoms. The number of para-hydroxylation sites is 4. The summed E-state index contributed by atoms with van der Waals surface area (Å²) in [5, 5.41) is 53.3. The van der Waals surface area contributed by atoms with Gasteiger partial charge in [-0.2, -0.15) is 0 Å². The van der Waals surface area contributed by atoms with Gasteiger partial charge in [0.15, 0.2) is 0 Å². The summed E-state index contributed by atoms with van der Waals surface area (Å²) in [6, 6.07) is 27.8. The number of benzene rings is 4. The number of phenolic OH excluding ortho intramolecular Hbond substituents is 4. The lowest BCUT2D eigenvalue weighted by molar-refractivity contribution is 0.140. The molecule has 4 rings (SSSR count). The Morgan fingerprint density at radius 2 is 0.800 bits per heavy atom. The van der Waals surface area contributed by atoms with Crippen LogP contribution in [0.2, 0.25) is 0 Å². The van der Waals surface area contributed by atoms with E-state index in [0.29, 0.717) is 41.5 Å². The summed E-state index contributed by atoms with van der Waals surface area (Å²) >= 11 is 0. The number of hydrogen-bond donors (Lipinski definition) is 5. The van der Waals surface area contributed by atoms with Gasteiger partial charge in [-0.05, 0) is 43.5 Å². The molecule has 0 radical (unpaired) electrons. The van der Waals surface area contributed by atoms with Crippen molar-refractivity contribution in [3.05, 3.63) is 119 Å². The van der Waals surface area contributed by atoms with Crippen LogP contribution in [0.4, 0.5) is 0 Å². The largest absolute Gasteiger partial charge is 0.508 e. The molecule has 5 N–H and O–H groups in total. The van der Waals surface area contributed by atoms with Crippen molar-refractivity contribution < 1.29 is 25.5 Å². The minimum Gasteiger partial charge on any atom is -0.508 e. The Balaban J connectivity index is 1.59. The minimum atomic E-state index is -0.883. The smallest absolute Gasteiger partial charge is 0.119 e. The fraction of sp³-hybridized carbons (Fsp3) is 0.200. The molecule has 5 nitrogen and oxygen atoms in total. The van der Waals surface area contributed by atoms with E-state index in [4.69, 9.17) is 0 Å². The highest BCUT2D eigenvalue weighted by atomic mass is 16.3. The second-order valence-corrected chi connectivity index (χ2v) is 8.76. The van der Waals surface area contributed by atoms with Crippen LogP contribution in [-0.4, -0.2) is 31.6 Å². The summed E-state index contributed by atoms with van der Waals surface area (Å²) in [5.74, 6) is -0.461. The number of phenols is 4. The van der Waals surface area contributed by atoms with Gasteiger partial charge in [-0.1, -0.05) is 72.8 Å². The van der Waals surface area contributed by atoms with Gasteiger partial charge in [0.1, 0.15) is 23.0 Å². The SMILES string of the molecule is Oc1ccccc1C(CCCC(O)C(c1ccccc1O)c1ccccc1O)c1ccccc1O. The first-order chi connectivity index (χ1) is 17.0. The summed E-state index contributed by atoms with van der Waals surface area (Å²) in [5.41, 5.74) is 2.50. The standard InChI is InChI=1S/C30H30O5/c31-25-15-5-1-10-21(25)20(22-11-2-6-16-26(22)32)14-9-19-29(35)30(23-12-3-7-17-27(23)33)24-13-4-8-18-28(24)34/h1-8,10-13,15-18,20,29-35H,9,14,19H2. The number of hydrogen-bond acceptors (Lipinski definition) is 5. The van der Waals surface area contributed by atoms with Crippen molar-refractivity contribution in [1.29, 1.82) is 0 Å². The Labute approximate surface area is 205 Å². The molecule has 0 aromatic heterocycles. The predicted octanol–water partition coefficient (Wildman–Crippen LogP) is 6.00. The quantitative estimate of drug-likeness (QED) is 0.206. The molecule has 35 heavy (non-hydrogen) atoms. The molecule has 0 aliphatic rings. The van der Waals surface area contributed by atoms with Crippen molar-refractivity contribution in [2.24, 2.45) is 0 Å². The fourth-order valence-corrected chi connectivity index (χ4v) is 4.82. The maximum Gasteiger partial charge on any atom is 0.119 e. The third-order valence-corrected chi connectivity index (χ3v) is 6.55. The van der Waals surface area contributed by atoms with E-state index in [1.54, 1.807) is 72.8 Å². The summed E-state index contributed by atoms with van der Waals surface area (Å²) in [6.07, 6.45) is 0.642. The van der Waals surface area contributed by atoms with Crippen molar-refractivity contribution in [2.45, 2.75) is 37.2 Å². The summed E-state index contributed by atoms with van der Waals surface area (Å²) in [4.78, 5) is 0. The van der Waals surface area contributed by atoms with E-state index >= 15 is 0 Å². The normalized spacial score (nSPS) is 12.2. The van der Waals surface area contributed by atoms with Crippen LogP contribution in [0.5, 0.6) is 23.0 Å². The van der Waals surface area contributed by atoms with E-state index in [0.717, 1.165) is 0 Å². The first kappa shape index (κ1) is 24.2. The molecule has 1 atom stereocenters. The first-order valence-electron chi connectivity index (χ1n) is 11.8. The van der Waals surface area contributed by atoms with Crippen LogP contribution in [0.1, 0.15) is 53.4 Å². The van der Waals surface area contributed by atoms with Gasteiger partial charge >= 0.3 is 0 Å². The molecule has 0 spiro atoms. The van der Waals surface area contributed by atoms with Crippen molar-refractivity contribution in [2.75, 3.05) is 0 Å². The minimum absolute atomic E-state index is 0.0566. The number of aliphatic hydroxyl groups excluding tert-OH is 1. The zero-order valence-electron chi connectivity index (χ0n) is 19.3. The van der Waals surface area contributed by atoms with E-state index in [2.05, 4.69) is 0 Å². The van der Waals surface area contributed by atoms with Gasteiger partial charge in [0.25, 0.3) is 0 Å². The molecule has 0 fully saturated rings. The summed E-state index contributed by atoms with van der Waals surface area (Å²) in [7, 11) is 0. The van der Waals surface area contributed by atoms with Crippen molar-refractivity contribution in [3.8, 4) is 23.0 Å². The van der Waals surface area contributed by atoms with Crippen LogP contribution in [0.15, 0.2) is 97.1 Å². The van der Waals surface area contributed by atoms with Crippen LogP contribution in [0.3, 0.4) is 0 Å². The average Bonchev–Trinajstić information content (AvgIpc) is 2.86. The Hall–Kier alpha value is -3.96. The van der Waals surface area contributed by atoms with Gasteiger partial charge in [-0.3, -0.25) is 0 Å². The average molecular weight is 471 g/mol. The molecule has 0 saturated heterocycles. The Morgan fingerprint density at radius 3 is 1.17 bits per heavy atom. The van der Waals surface area contributed by atoms with Crippen LogP contribution in [-0.2, 0) is 0 Å². The van der Waals surface area contributed by atoms with Gasteiger partial charge < -0.3 is 25.5 Å². The number of aliphatic hydroxyl groups is 1. The first-order valence-corrected chi connectivity index (χ1v) is 11.8. The lowest BCUT2D eigenvalue weighted by atomic mass is 9.81. The Kier molecular flexibility index (Phi) is 7.58. The highest BCUT2D eigenvalue weighted by Gasteiger charge is 2.28. The molecule has 4 aromatic rings. The number of rotatable bonds is 9. The molecule has 0 saturated carbocycles. The predicted molar refractivity (Wildman–Crippen MR) is 136 cm³/mol. The summed E-state index contributed by atoms with van der Waals surface area (Å²) in [6.45, 7) is 0. The second-order valence-electron chi connectivity index (χ2n) is 8.76. The van der Waals surface area contributed by atoms with Crippen LogP contribution in [0, 0.1) is 0 Å². The molecule has 0 amide bonds. The fourth-order valence-electron chi connectivity index (χ4n) is 4.82. The zero-order chi connectivity index (χ0) is 24.8. The monoisotopic (exact) mass is 470 g/mol. The van der Waals surface area contributed by atoms with E-state index in [1.165, 1.54) is 0 Å². The van der Waals surface area contributed by atoms with Gasteiger partial charge in [-0.15, -0.1) is 0 Å². The van der Waals surface area contributed by atoms with E-state index < -0.39 is 12.0 Å². The zero-order valence-corrected chi connectivity index (χ0v) is 19.3. The molecular weight excluding hydrogens is 440 g/mol. The van der Waals surface area contributed by atoms with Crippen LogP contribution in [0.25, 0.3) is 0 Å². The maximum absolute atomic E-state index is 11.3. The lowest BCUT2D eigenvalue weighted by Gasteiger charge is -2.26. The molecule has 0 aliphatic carbocycles. The topological polar surface area (TPSA) is 101 Å². The van der Waals surface area contributed by atoms with Crippen LogP contribution >= 0.6 is 0 Å². The highest BCUT2D eigenvalue weighted by Crippen LogP contribution is 2.41. The third kappa shape index (κ3) is 5.42. The van der Waals surface area contributed by atoms with Gasteiger partial charge in [0.05, 0.1) is 6.10 Å². The molecule has 180 valence electrons. The maximum atomic E-state index is 11.3. The van der Waals surface area contributed by atoms with E-state index in [1.807, 2.05) is 24.3 Å². The second kappa shape index (κ2) is 11.0. The summed E-state index contributed by atoms with van der Waals surface area (Å²) < 4.78 is 0. The van der Waals surface area contributed by atoms with Gasteiger partial charge in [0, 0.05) is 34.1 Å². The van der Waals surface area contributed by atoms with Crippen LogP contribution < -0.4 is 0 Å². The molecule has 4 aromatic carbocycles. The molecule has 1 unspecified atom stereocenters. The molecule has 0 heterocycles. The molecule has 0 bridgehead atoms. The van der Waals surface area contributed by atoms with E-state index in [-0.39, 0.29) is 28.9 Å².